The Balaban J connectivity index is 1.80. The van der Waals surface area contributed by atoms with Crippen LogP contribution in [-0.4, -0.2) is 37.0 Å². The summed E-state index contributed by atoms with van der Waals surface area (Å²) in [6, 6.07) is 21.9. The first kappa shape index (κ1) is 20.8. The number of nitrogens with one attached hydrogen (secondary N) is 1. The van der Waals surface area contributed by atoms with Crippen LogP contribution in [0.3, 0.4) is 0 Å². The molecule has 0 saturated heterocycles. The summed E-state index contributed by atoms with van der Waals surface area (Å²) in [5, 5.41) is 2.90. The van der Waals surface area contributed by atoms with Crippen molar-refractivity contribution in [2.24, 2.45) is 0 Å². The fourth-order valence-electron chi connectivity index (χ4n) is 4.08. The average Bonchev–Trinajstić information content (AvgIpc) is 2.80. The molecule has 0 spiro atoms. The minimum Gasteiger partial charge on any atom is -0.383 e. The summed E-state index contributed by atoms with van der Waals surface area (Å²) >= 11 is 0. The number of rotatable bonds is 6. The van der Waals surface area contributed by atoms with Crippen molar-refractivity contribution in [2.45, 2.75) is 12.0 Å². The zero-order valence-electron chi connectivity index (χ0n) is 17.1. The summed E-state index contributed by atoms with van der Waals surface area (Å²) in [4.78, 5) is 28.6. The van der Waals surface area contributed by atoms with Gasteiger partial charge >= 0.3 is 0 Å². The van der Waals surface area contributed by atoms with Crippen LogP contribution < -0.4 is 5.32 Å². The fourth-order valence-corrected chi connectivity index (χ4v) is 4.08. The molecule has 0 aliphatic carbocycles. The lowest BCUT2D eigenvalue weighted by Crippen LogP contribution is -2.47. The minimum atomic E-state index is -0.641. The smallest absolute Gasteiger partial charge is 0.254 e. The third-order valence-electron chi connectivity index (χ3n) is 5.51. The van der Waals surface area contributed by atoms with E-state index in [0.717, 1.165) is 5.56 Å². The molecular formula is C25H23FN2O3. The normalized spacial score (nSPS) is 17.9. The Kier molecular flexibility index (Phi) is 6.09. The van der Waals surface area contributed by atoms with Gasteiger partial charge in [-0.2, -0.15) is 0 Å². The van der Waals surface area contributed by atoms with E-state index in [9.17, 15) is 14.0 Å². The number of carbonyl (C=O) groups excluding carboxylic acids is 2. The molecule has 4 rings (SSSR count). The highest BCUT2D eigenvalue weighted by Gasteiger charge is 2.43. The zero-order chi connectivity index (χ0) is 21.8. The topological polar surface area (TPSA) is 58.6 Å². The van der Waals surface area contributed by atoms with Crippen molar-refractivity contribution in [1.29, 1.82) is 0 Å². The van der Waals surface area contributed by atoms with Gasteiger partial charge in [0.2, 0.25) is 5.91 Å². The second kappa shape index (κ2) is 9.10. The van der Waals surface area contributed by atoms with E-state index in [4.69, 9.17) is 4.74 Å². The van der Waals surface area contributed by atoms with Gasteiger partial charge in [0.05, 0.1) is 18.6 Å². The lowest BCUT2D eigenvalue weighted by Gasteiger charge is -2.41. The lowest BCUT2D eigenvalue weighted by atomic mass is 9.79. The molecule has 0 saturated carbocycles. The Labute approximate surface area is 180 Å². The second-order valence-corrected chi connectivity index (χ2v) is 7.41. The van der Waals surface area contributed by atoms with Crippen molar-refractivity contribution in [2.75, 3.05) is 25.6 Å². The summed E-state index contributed by atoms with van der Waals surface area (Å²) in [7, 11) is 1.58. The van der Waals surface area contributed by atoms with Crippen LogP contribution in [0.4, 0.5) is 10.1 Å². The average molecular weight is 418 g/mol. The number of methoxy groups -OCH3 is 1. The van der Waals surface area contributed by atoms with Gasteiger partial charge in [-0.05, 0) is 41.5 Å². The number of hydrogen-bond donors (Lipinski definition) is 1. The van der Waals surface area contributed by atoms with Gasteiger partial charge < -0.3 is 15.0 Å². The van der Waals surface area contributed by atoms with Crippen LogP contribution in [0.25, 0.3) is 0 Å². The molecule has 6 heteroatoms. The Morgan fingerprint density at radius 1 is 1.00 bits per heavy atom. The van der Waals surface area contributed by atoms with Gasteiger partial charge in [-0.15, -0.1) is 0 Å². The number of nitrogens with zero attached hydrogens (tertiary/aromatic N) is 1. The molecule has 1 heterocycles. The van der Waals surface area contributed by atoms with Crippen LogP contribution in [0.5, 0.6) is 0 Å². The van der Waals surface area contributed by atoms with Crippen molar-refractivity contribution in [3.63, 3.8) is 0 Å². The predicted molar refractivity (Wildman–Crippen MR) is 116 cm³/mol. The van der Waals surface area contributed by atoms with Crippen LogP contribution in [0, 0.1) is 5.82 Å². The maximum atomic E-state index is 13.6. The highest BCUT2D eigenvalue weighted by atomic mass is 19.1. The molecule has 0 radical (unpaired) electrons. The third-order valence-corrected chi connectivity index (χ3v) is 5.51. The zero-order valence-corrected chi connectivity index (χ0v) is 17.1. The summed E-state index contributed by atoms with van der Waals surface area (Å²) in [6.07, 6.45) is 0. The molecule has 0 aromatic heterocycles. The van der Waals surface area contributed by atoms with Crippen molar-refractivity contribution < 1.29 is 18.7 Å². The molecule has 0 fully saturated rings. The molecule has 2 amide bonds. The molecule has 1 aliphatic heterocycles. The molecule has 3 aromatic rings. The largest absolute Gasteiger partial charge is 0.383 e. The second-order valence-electron chi connectivity index (χ2n) is 7.41. The van der Waals surface area contributed by atoms with E-state index in [1.165, 1.54) is 24.3 Å². The van der Waals surface area contributed by atoms with E-state index in [1.807, 2.05) is 42.5 Å². The van der Waals surface area contributed by atoms with Crippen LogP contribution in [0.2, 0.25) is 0 Å². The van der Waals surface area contributed by atoms with Gasteiger partial charge in [0.15, 0.2) is 0 Å². The molecule has 3 aromatic carbocycles. The summed E-state index contributed by atoms with van der Waals surface area (Å²) in [5.74, 6) is -1.41. The Hall–Kier alpha value is -3.51. The summed E-state index contributed by atoms with van der Waals surface area (Å²) < 4.78 is 18.5. The van der Waals surface area contributed by atoms with Gasteiger partial charge in [-0.25, -0.2) is 4.39 Å². The third kappa shape index (κ3) is 4.20. The Bertz CT molecular complexity index is 1070. The van der Waals surface area contributed by atoms with Gasteiger partial charge in [-0.1, -0.05) is 48.5 Å². The van der Waals surface area contributed by atoms with E-state index in [1.54, 1.807) is 24.1 Å². The van der Waals surface area contributed by atoms with Crippen LogP contribution in [0.15, 0.2) is 78.9 Å². The van der Waals surface area contributed by atoms with E-state index >= 15 is 0 Å². The first-order valence-electron chi connectivity index (χ1n) is 10.1. The minimum absolute atomic E-state index is 0.132. The van der Waals surface area contributed by atoms with Crippen molar-refractivity contribution in [3.05, 3.63) is 101 Å². The van der Waals surface area contributed by atoms with E-state index < -0.39 is 12.0 Å². The fraction of sp³-hybridized carbons (Fsp3) is 0.200. The van der Waals surface area contributed by atoms with Gasteiger partial charge in [0.1, 0.15) is 5.82 Å². The maximum Gasteiger partial charge on any atom is 0.254 e. The molecule has 0 unspecified atom stereocenters. The van der Waals surface area contributed by atoms with Crippen LogP contribution >= 0.6 is 0 Å². The molecule has 1 aliphatic rings. The summed E-state index contributed by atoms with van der Waals surface area (Å²) in [5.41, 5.74) is 2.54. The first-order valence-corrected chi connectivity index (χ1v) is 10.1. The van der Waals surface area contributed by atoms with Gasteiger partial charge in [-0.3, -0.25) is 9.59 Å². The Morgan fingerprint density at radius 2 is 1.68 bits per heavy atom. The molecule has 0 bridgehead atoms. The number of anilines is 1. The standard InChI is InChI=1S/C25H23FN2O3/c1-31-16-15-28-23(17-7-3-2-4-8-17)22(20-9-5-6-10-21(20)25(28)30)24(29)27-19-13-11-18(26)12-14-19/h2-14,22-23H,15-16H2,1H3,(H,27,29)/t22-,23+/m0/s1. The highest BCUT2D eigenvalue weighted by Crippen LogP contribution is 2.43. The van der Waals surface area contributed by atoms with Crippen molar-refractivity contribution in [3.8, 4) is 0 Å². The number of fused-ring (bicyclic) bond motifs is 1. The number of amides is 2. The molecule has 158 valence electrons. The Morgan fingerprint density at radius 3 is 2.39 bits per heavy atom. The predicted octanol–water partition coefficient (Wildman–Crippen LogP) is 4.39. The summed E-state index contributed by atoms with van der Waals surface area (Å²) in [6.45, 7) is 0.701. The molecule has 31 heavy (non-hydrogen) atoms. The number of ether oxygens (including phenoxy) is 1. The van der Waals surface area contributed by atoms with Gasteiger partial charge in [0.25, 0.3) is 5.91 Å². The monoisotopic (exact) mass is 418 g/mol. The highest BCUT2D eigenvalue weighted by molar-refractivity contribution is 6.04. The molecule has 5 nitrogen and oxygen atoms in total. The first-order chi connectivity index (χ1) is 15.1. The molecule has 2 atom stereocenters. The quantitative estimate of drug-likeness (QED) is 0.646. The van der Waals surface area contributed by atoms with Crippen molar-refractivity contribution >= 4 is 17.5 Å². The lowest BCUT2D eigenvalue weighted by molar-refractivity contribution is -0.119. The molecular weight excluding hydrogens is 395 g/mol. The van der Waals surface area contributed by atoms with E-state index in [0.29, 0.717) is 30.0 Å². The number of carbonyl (C=O) groups is 2. The van der Waals surface area contributed by atoms with E-state index in [-0.39, 0.29) is 17.6 Å². The van der Waals surface area contributed by atoms with Crippen molar-refractivity contribution in [1.82, 2.24) is 4.90 Å². The number of benzene rings is 3. The van der Waals surface area contributed by atoms with Crippen LogP contribution in [0.1, 0.15) is 33.4 Å². The maximum absolute atomic E-state index is 13.6. The van der Waals surface area contributed by atoms with E-state index in [2.05, 4.69) is 5.32 Å². The SMILES string of the molecule is COCCN1C(=O)c2ccccc2[C@H](C(=O)Nc2ccc(F)cc2)[C@H]1c1ccccc1. The number of hydrogen-bond acceptors (Lipinski definition) is 3. The van der Waals surface area contributed by atoms with Crippen LogP contribution in [-0.2, 0) is 9.53 Å². The number of halogens is 1. The molecule has 1 N–H and O–H groups in total. The van der Waals surface area contributed by atoms with Gasteiger partial charge in [0, 0.05) is 24.9 Å².